The maximum absolute atomic E-state index is 11.2. The zero-order valence-electron chi connectivity index (χ0n) is 11.1. The molecule has 0 spiro atoms. The van der Waals surface area contributed by atoms with E-state index in [1.54, 1.807) is 6.07 Å². The van der Waals surface area contributed by atoms with Gasteiger partial charge in [0.25, 0.3) is 0 Å². The Morgan fingerprint density at radius 3 is 2.47 bits per heavy atom. The number of benzene rings is 1. The Hall–Kier alpha value is -1.31. The second-order valence-corrected chi connectivity index (χ2v) is 6.49. The van der Waals surface area contributed by atoms with E-state index in [4.69, 9.17) is 10.9 Å². The van der Waals surface area contributed by atoms with E-state index in [1.807, 2.05) is 13.8 Å². The molecule has 19 heavy (non-hydrogen) atoms. The molecular weight excluding hydrogens is 266 g/mol. The third-order valence-corrected chi connectivity index (χ3v) is 3.59. The molecule has 0 radical (unpaired) electrons. The van der Waals surface area contributed by atoms with Crippen LogP contribution in [0.4, 0.5) is 11.4 Å². The number of aliphatic hydroxyl groups is 1. The van der Waals surface area contributed by atoms with E-state index in [-0.39, 0.29) is 10.6 Å². The number of nitrogen functional groups attached to an aromatic ring is 1. The highest BCUT2D eigenvalue weighted by Crippen LogP contribution is 2.21. The van der Waals surface area contributed by atoms with Gasteiger partial charge in [-0.05, 0) is 30.5 Å². The van der Waals surface area contributed by atoms with Crippen LogP contribution in [0.1, 0.15) is 20.3 Å². The molecule has 0 heterocycles. The molecule has 0 saturated carbocycles. The summed E-state index contributed by atoms with van der Waals surface area (Å²) in [6.07, 6.45) is 0.233. The van der Waals surface area contributed by atoms with E-state index < -0.39 is 16.1 Å². The fraction of sp³-hybridized carbons (Fsp3) is 0.500. The van der Waals surface area contributed by atoms with Crippen molar-refractivity contribution in [2.75, 3.05) is 17.6 Å². The fourth-order valence-corrected chi connectivity index (χ4v) is 2.43. The number of hydrogen-bond acceptors (Lipinski definition) is 5. The Labute approximate surface area is 113 Å². The molecule has 1 unspecified atom stereocenters. The quantitative estimate of drug-likeness (QED) is 0.575. The number of anilines is 2. The van der Waals surface area contributed by atoms with Crippen LogP contribution in [0.25, 0.3) is 0 Å². The van der Waals surface area contributed by atoms with Crippen molar-refractivity contribution < 1.29 is 13.5 Å². The molecular formula is C12H21N3O3S. The number of nitrogens with two attached hydrogens (primary N) is 2. The van der Waals surface area contributed by atoms with Crippen molar-refractivity contribution in [3.05, 3.63) is 18.2 Å². The summed E-state index contributed by atoms with van der Waals surface area (Å²) in [5.74, 6) is 0.409. The van der Waals surface area contributed by atoms with Gasteiger partial charge in [0, 0.05) is 12.2 Å². The van der Waals surface area contributed by atoms with Crippen LogP contribution in [0.3, 0.4) is 0 Å². The van der Waals surface area contributed by atoms with Crippen molar-refractivity contribution in [3.63, 3.8) is 0 Å². The summed E-state index contributed by atoms with van der Waals surface area (Å²) in [6.45, 7) is 4.44. The summed E-state index contributed by atoms with van der Waals surface area (Å²) in [7, 11) is -3.80. The molecule has 0 aliphatic rings. The van der Waals surface area contributed by atoms with Crippen LogP contribution < -0.4 is 16.2 Å². The molecule has 0 fully saturated rings. The van der Waals surface area contributed by atoms with Crippen LogP contribution >= 0.6 is 0 Å². The monoisotopic (exact) mass is 287 g/mol. The molecule has 0 amide bonds. The van der Waals surface area contributed by atoms with Crippen LogP contribution in [0.2, 0.25) is 0 Å². The first-order valence-corrected chi connectivity index (χ1v) is 7.59. The van der Waals surface area contributed by atoms with Crippen molar-refractivity contribution in [2.24, 2.45) is 11.1 Å². The molecule has 1 atom stereocenters. The molecule has 1 aromatic carbocycles. The summed E-state index contributed by atoms with van der Waals surface area (Å²) in [6, 6.07) is 4.40. The second-order valence-electron chi connectivity index (χ2n) is 4.96. The molecule has 1 rings (SSSR count). The Bertz CT molecular complexity index is 529. The number of aliphatic hydroxyl groups excluding tert-OH is 1. The highest BCUT2D eigenvalue weighted by Gasteiger charge is 2.13. The maximum Gasteiger partial charge on any atom is 0.240 e. The highest BCUT2D eigenvalue weighted by molar-refractivity contribution is 7.89. The largest absolute Gasteiger partial charge is 0.398 e. The van der Waals surface area contributed by atoms with Gasteiger partial charge in [0.1, 0.15) is 4.90 Å². The first kappa shape index (κ1) is 15.7. The van der Waals surface area contributed by atoms with E-state index in [0.29, 0.717) is 24.6 Å². The smallest absolute Gasteiger partial charge is 0.240 e. The molecule has 1 aromatic rings. The average Bonchev–Trinajstić information content (AvgIpc) is 2.23. The van der Waals surface area contributed by atoms with Crippen molar-refractivity contribution in [1.29, 1.82) is 0 Å². The molecule has 0 aliphatic heterocycles. The first-order valence-electron chi connectivity index (χ1n) is 6.04. The van der Waals surface area contributed by atoms with E-state index in [9.17, 15) is 13.5 Å². The lowest BCUT2D eigenvalue weighted by Gasteiger charge is -2.15. The summed E-state index contributed by atoms with van der Waals surface area (Å²) in [4.78, 5) is -0.0965. The number of rotatable bonds is 6. The first-order chi connectivity index (χ1) is 8.70. The van der Waals surface area contributed by atoms with Gasteiger partial charge in [-0.3, -0.25) is 0 Å². The number of sulfonamides is 1. The molecule has 6 nitrogen and oxygen atoms in total. The molecule has 108 valence electrons. The minimum atomic E-state index is -3.80. The average molecular weight is 287 g/mol. The maximum atomic E-state index is 11.2. The van der Waals surface area contributed by atoms with E-state index in [1.165, 1.54) is 12.1 Å². The number of hydrogen-bond donors (Lipinski definition) is 4. The standard InChI is InChI=1S/C12H21N3O3S/c1-8(2)5-10(16)7-15-9-3-4-12(11(13)6-9)19(14,17)18/h3-4,6,8,10,15-16H,5,7,13H2,1-2H3,(H2,14,17,18). The summed E-state index contributed by atoms with van der Waals surface area (Å²) >= 11 is 0. The Kier molecular flexibility index (Phi) is 5.16. The van der Waals surface area contributed by atoms with Gasteiger partial charge >= 0.3 is 0 Å². The highest BCUT2D eigenvalue weighted by atomic mass is 32.2. The van der Waals surface area contributed by atoms with E-state index >= 15 is 0 Å². The van der Waals surface area contributed by atoms with Crippen molar-refractivity contribution in [3.8, 4) is 0 Å². The Morgan fingerprint density at radius 2 is 2.00 bits per heavy atom. The molecule has 7 heteroatoms. The summed E-state index contributed by atoms with van der Waals surface area (Å²) in [5.41, 5.74) is 6.37. The zero-order chi connectivity index (χ0) is 14.6. The molecule has 6 N–H and O–H groups in total. The fourth-order valence-electron chi connectivity index (χ4n) is 1.78. The third-order valence-electron chi connectivity index (χ3n) is 2.60. The van der Waals surface area contributed by atoms with Gasteiger partial charge in [-0.25, -0.2) is 13.6 Å². The Balaban J connectivity index is 2.70. The van der Waals surface area contributed by atoms with Gasteiger partial charge < -0.3 is 16.2 Å². The Morgan fingerprint density at radius 1 is 1.37 bits per heavy atom. The second kappa shape index (κ2) is 6.23. The van der Waals surface area contributed by atoms with Crippen molar-refractivity contribution >= 4 is 21.4 Å². The van der Waals surface area contributed by atoms with Gasteiger partial charge in [-0.2, -0.15) is 0 Å². The molecule has 0 aromatic heterocycles. The van der Waals surface area contributed by atoms with Gasteiger partial charge in [0.15, 0.2) is 0 Å². The minimum Gasteiger partial charge on any atom is -0.398 e. The topological polar surface area (TPSA) is 118 Å². The molecule has 0 bridgehead atoms. The van der Waals surface area contributed by atoms with Crippen LogP contribution in [0.15, 0.2) is 23.1 Å². The summed E-state index contributed by atoms with van der Waals surface area (Å²) < 4.78 is 22.4. The predicted molar refractivity (Wildman–Crippen MR) is 76.2 cm³/mol. The lowest BCUT2D eigenvalue weighted by atomic mass is 10.1. The molecule has 0 aliphatic carbocycles. The normalized spacial score (nSPS) is 13.5. The van der Waals surface area contributed by atoms with Crippen molar-refractivity contribution in [2.45, 2.75) is 31.3 Å². The van der Waals surface area contributed by atoms with Gasteiger partial charge in [-0.1, -0.05) is 13.8 Å². The van der Waals surface area contributed by atoms with Gasteiger partial charge in [0.05, 0.1) is 11.8 Å². The van der Waals surface area contributed by atoms with Crippen LogP contribution in [-0.4, -0.2) is 26.2 Å². The molecule has 0 saturated heterocycles. The summed E-state index contributed by atoms with van der Waals surface area (Å²) in [5, 5.41) is 17.7. The zero-order valence-corrected chi connectivity index (χ0v) is 11.9. The van der Waals surface area contributed by atoms with Crippen LogP contribution in [0.5, 0.6) is 0 Å². The number of nitrogens with one attached hydrogen (secondary N) is 1. The van der Waals surface area contributed by atoms with Gasteiger partial charge in [0.2, 0.25) is 10.0 Å². The SMILES string of the molecule is CC(C)CC(O)CNc1ccc(S(N)(=O)=O)c(N)c1. The van der Waals surface area contributed by atoms with Crippen LogP contribution in [0, 0.1) is 5.92 Å². The lowest BCUT2D eigenvalue weighted by Crippen LogP contribution is -2.21. The van der Waals surface area contributed by atoms with E-state index in [0.717, 1.165) is 0 Å². The lowest BCUT2D eigenvalue weighted by molar-refractivity contribution is 0.161. The minimum absolute atomic E-state index is 0.0887. The van der Waals surface area contributed by atoms with Crippen LogP contribution in [-0.2, 0) is 10.0 Å². The predicted octanol–water partition coefficient (Wildman–Crippen LogP) is 0.735. The van der Waals surface area contributed by atoms with E-state index in [2.05, 4.69) is 5.32 Å². The van der Waals surface area contributed by atoms with Gasteiger partial charge in [-0.15, -0.1) is 0 Å². The van der Waals surface area contributed by atoms with Crippen molar-refractivity contribution in [1.82, 2.24) is 0 Å². The number of primary sulfonamides is 1. The third kappa shape index (κ3) is 5.06.